The van der Waals surface area contributed by atoms with E-state index in [9.17, 15) is 19.8 Å². The second-order valence-electron chi connectivity index (χ2n) is 4.82. The van der Waals surface area contributed by atoms with Crippen molar-refractivity contribution in [2.75, 3.05) is 11.9 Å². The van der Waals surface area contributed by atoms with Crippen LogP contribution in [0.25, 0.3) is 0 Å². The molecule has 1 aliphatic carbocycles. The molecule has 1 saturated carbocycles. The molecule has 6 heteroatoms. The quantitative estimate of drug-likeness (QED) is 0.471. The molecule has 6 nitrogen and oxygen atoms in total. The molecule has 2 rings (SSSR count). The van der Waals surface area contributed by atoms with Crippen LogP contribution < -0.4 is 10.6 Å². The summed E-state index contributed by atoms with van der Waals surface area (Å²) in [6.07, 6.45) is 2.53. The van der Waals surface area contributed by atoms with Crippen molar-refractivity contribution in [1.29, 1.82) is 0 Å². The SMILES string of the molecule is C=CC(=O)Nc1ccc(O)c(C(=O)NC2(CO)CC2)c1. The van der Waals surface area contributed by atoms with Crippen LogP contribution in [0.2, 0.25) is 0 Å². The van der Waals surface area contributed by atoms with Gasteiger partial charge in [-0.1, -0.05) is 6.58 Å². The van der Waals surface area contributed by atoms with Gasteiger partial charge in [0.25, 0.3) is 5.91 Å². The number of nitrogens with one attached hydrogen (secondary N) is 2. The van der Waals surface area contributed by atoms with Crippen molar-refractivity contribution in [3.63, 3.8) is 0 Å². The minimum Gasteiger partial charge on any atom is -0.507 e. The highest BCUT2D eigenvalue weighted by molar-refractivity contribution is 6.02. The maximum atomic E-state index is 12.1. The van der Waals surface area contributed by atoms with Gasteiger partial charge in [0.15, 0.2) is 0 Å². The van der Waals surface area contributed by atoms with Gasteiger partial charge >= 0.3 is 0 Å². The zero-order chi connectivity index (χ0) is 14.8. The lowest BCUT2D eigenvalue weighted by molar-refractivity contribution is -0.111. The average molecular weight is 276 g/mol. The Labute approximate surface area is 116 Å². The minimum atomic E-state index is -0.566. The number of aliphatic hydroxyl groups excluding tert-OH is 1. The lowest BCUT2D eigenvalue weighted by Gasteiger charge is -2.15. The number of phenols is 1. The van der Waals surface area contributed by atoms with Gasteiger partial charge in [-0.25, -0.2) is 0 Å². The number of aliphatic hydroxyl groups is 1. The number of hydrogen-bond donors (Lipinski definition) is 4. The van der Waals surface area contributed by atoms with Crippen molar-refractivity contribution in [3.8, 4) is 5.75 Å². The molecule has 4 N–H and O–H groups in total. The Bertz CT molecular complexity index is 564. The zero-order valence-corrected chi connectivity index (χ0v) is 10.8. The number of carbonyl (C=O) groups excluding carboxylic acids is 2. The predicted octanol–water partition coefficient (Wildman–Crippen LogP) is 0.771. The highest BCUT2D eigenvalue weighted by Crippen LogP contribution is 2.35. The van der Waals surface area contributed by atoms with E-state index in [1.807, 2.05) is 0 Å². The largest absolute Gasteiger partial charge is 0.507 e. The Morgan fingerprint density at radius 1 is 1.40 bits per heavy atom. The summed E-state index contributed by atoms with van der Waals surface area (Å²) in [5, 5.41) is 24.1. The van der Waals surface area contributed by atoms with Crippen molar-refractivity contribution in [2.45, 2.75) is 18.4 Å². The Hall–Kier alpha value is -2.34. The first-order valence-electron chi connectivity index (χ1n) is 6.19. The normalized spacial score (nSPS) is 15.2. The van der Waals surface area contributed by atoms with E-state index >= 15 is 0 Å². The van der Waals surface area contributed by atoms with Crippen molar-refractivity contribution in [2.24, 2.45) is 0 Å². The molecule has 0 heterocycles. The standard InChI is InChI=1S/C14H16N2O4/c1-2-12(19)15-9-3-4-11(18)10(7-9)13(20)16-14(8-17)5-6-14/h2-4,7,17-18H,1,5-6,8H2,(H,15,19)(H,16,20). The van der Waals surface area contributed by atoms with Gasteiger partial charge in [-0.05, 0) is 37.1 Å². The summed E-state index contributed by atoms with van der Waals surface area (Å²) in [4.78, 5) is 23.3. The molecule has 20 heavy (non-hydrogen) atoms. The molecule has 0 aromatic heterocycles. The molecule has 0 aliphatic heterocycles. The van der Waals surface area contributed by atoms with E-state index in [0.29, 0.717) is 18.5 Å². The van der Waals surface area contributed by atoms with Crippen molar-refractivity contribution in [3.05, 3.63) is 36.4 Å². The molecule has 1 aromatic carbocycles. The molecular weight excluding hydrogens is 260 g/mol. The molecule has 0 spiro atoms. The van der Waals surface area contributed by atoms with Gasteiger partial charge in [0.2, 0.25) is 5.91 Å². The second-order valence-corrected chi connectivity index (χ2v) is 4.82. The highest BCUT2D eigenvalue weighted by Gasteiger charge is 2.43. The first kappa shape index (κ1) is 14.1. The summed E-state index contributed by atoms with van der Waals surface area (Å²) in [6, 6.07) is 4.18. The predicted molar refractivity (Wildman–Crippen MR) is 73.5 cm³/mol. The van der Waals surface area contributed by atoms with Crippen LogP contribution in [0.15, 0.2) is 30.9 Å². The topological polar surface area (TPSA) is 98.7 Å². The molecule has 106 valence electrons. The molecule has 0 saturated heterocycles. The molecule has 2 amide bonds. The van der Waals surface area contributed by atoms with Gasteiger partial charge in [0.1, 0.15) is 5.75 Å². The molecule has 0 atom stereocenters. The third-order valence-corrected chi connectivity index (χ3v) is 3.23. The Morgan fingerprint density at radius 2 is 2.10 bits per heavy atom. The molecule has 0 radical (unpaired) electrons. The molecule has 0 unspecified atom stereocenters. The van der Waals surface area contributed by atoms with Gasteiger partial charge in [-0.3, -0.25) is 9.59 Å². The number of carbonyl (C=O) groups is 2. The Kier molecular flexibility index (Phi) is 3.76. The van der Waals surface area contributed by atoms with Crippen LogP contribution in [0.4, 0.5) is 5.69 Å². The van der Waals surface area contributed by atoms with Crippen LogP contribution in [0.3, 0.4) is 0 Å². The fraction of sp³-hybridized carbons (Fsp3) is 0.286. The van der Waals surface area contributed by atoms with E-state index in [2.05, 4.69) is 17.2 Å². The third-order valence-electron chi connectivity index (χ3n) is 3.23. The summed E-state index contributed by atoms with van der Waals surface area (Å²) in [6.45, 7) is 3.20. The van der Waals surface area contributed by atoms with Gasteiger partial charge < -0.3 is 20.8 Å². The van der Waals surface area contributed by atoms with Crippen molar-refractivity contribution < 1.29 is 19.8 Å². The number of hydrogen-bond acceptors (Lipinski definition) is 4. The number of amides is 2. The monoisotopic (exact) mass is 276 g/mol. The van der Waals surface area contributed by atoms with E-state index in [1.54, 1.807) is 0 Å². The number of aromatic hydroxyl groups is 1. The van der Waals surface area contributed by atoms with E-state index in [-0.39, 0.29) is 17.9 Å². The lowest BCUT2D eigenvalue weighted by Crippen LogP contribution is -2.39. The van der Waals surface area contributed by atoms with Crippen LogP contribution in [0.1, 0.15) is 23.2 Å². The zero-order valence-electron chi connectivity index (χ0n) is 10.8. The van der Waals surface area contributed by atoms with E-state index in [0.717, 1.165) is 6.08 Å². The van der Waals surface area contributed by atoms with Crippen molar-refractivity contribution >= 4 is 17.5 Å². The van der Waals surface area contributed by atoms with Gasteiger partial charge in [-0.2, -0.15) is 0 Å². The second kappa shape index (κ2) is 5.34. The number of rotatable bonds is 5. The highest BCUT2D eigenvalue weighted by atomic mass is 16.3. The number of benzene rings is 1. The first-order chi connectivity index (χ1) is 9.49. The van der Waals surface area contributed by atoms with Gasteiger partial charge in [-0.15, -0.1) is 0 Å². The molecule has 1 aliphatic rings. The summed E-state index contributed by atoms with van der Waals surface area (Å²) < 4.78 is 0. The third kappa shape index (κ3) is 2.97. The summed E-state index contributed by atoms with van der Waals surface area (Å²) in [7, 11) is 0. The van der Waals surface area contributed by atoms with Crippen LogP contribution in [0.5, 0.6) is 5.75 Å². The van der Waals surface area contributed by atoms with E-state index in [1.165, 1.54) is 18.2 Å². The fourth-order valence-corrected chi connectivity index (χ4v) is 1.77. The van der Waals surface area contributed by atoms with Gasteiger partial charge in [0, 0.05) is 5.69 Å². The number of anilines is 1. The maximum absolute atomic E-state index is 12.1. The van der Waals surface area contributed by atoms with E-state index < -0.39 is 17.4 Å². The smallest absolute Gasteiger partial charge is 0.255 e. The summed E-state index contributed by atoms with van der Waals surface area (Å²) in [5.41, 5.74) is -0.137. The average Bonchev–Trinajstić information content (AvgIpc) is 3.21. The van der Waals surface area contributed by atoms with E-state index in [4.69, 9.17) is 0 Å². The molecular formula is C14H16N2O4. The minimum absolute atomic E-state index is 0.0478. The Balaban J connectivity index is 2.17. The van der Waals surface area contributed by atoms with Crippen LogP contribution in [-0.4, -0.2) is 34.2 Å². The van der Waals surface area contributed by atoms with Crippen molar-refractivity contribution in [1.82, 2.24) is 5.32 Å². The van der Waals surface area contributed by atoms with Gasteiger partial charge in [0.05, 0.1) is 17.7 Å². The summed E-state index contributed by atoms with van der Waals surface area (Å²) in [5.74, 6) is -1.08. The fourth-order valence-electron chi connectivity index (χ4n) is 1.77. The number of phenolic OH excluding ortho intramolecular Hbond substituents is 1. The summed E-state index contributed by atoms with van der Waals surface area (Å²) >= 11 is 0. The molecule has 1 fully saturated rings. The van der Waals surface area contributed by atoms with Crippen LogP contribution >= 0.6 is 0 Å². The Morgan fingerprint density at radius 3 is 2.65 bits per heavy atom. The maximum Gasteiger partial charge on any atom is 0.255 e. The molecule has 1 aromatic rings. The molecule has 0 bridgehead atoms. The van der Waals surface area contributed by atoms with Crippen LogP contribution in [0, 0.1) is 0 Å². The van der Waals surface area contributed by atoms with Crippen LogP contribution in [-0.2, 0) is 4.79 Å². The lowest BCUT2D eigenvalue weighted by atomic mass is 10.1. The first-order valence-corrected chi connectivity index (χ1v) is 6.19.